The lowest BCUT2D eigenvalue weighted by Crippen LogP contribution is -2.15. The van der Waals surface area contributed by atoms with E-state index in [0.29, 0.717) is 30.4 Å². The molecule has 5 heteroatoms. The third kappa shape index (κ3) is 1.60. The summed E-state index contributed by atoms with van der Waals surface area (Å²) in [6, 6.07) is 5.42. The van der Waals surface area contributed by atoms with E-state index in [4.69, 9.17) is 9.47 Å². The highest BCUT2D eigenvalue weighted by Crippen LogP contribution is 2.34. The zero-order valence-electron chi connectivity index (χ0n) is 9.28. The fourth-order valence-electron chi connectivity index (χ4n) is 1.89. The number of hydrogen-bond acceptors (Lipinski definition) is 4. The summed E-state index contributed by atoms with van der Waals surface area (Å²) in [6.07, 6.45) is 0. The van der Waals surface area contributed by atoms with Gasteiger partial charge >= 0.3 is 5.97 Å². The molecule has 0 unspecified atom stereocenters. The molecule has 17 heavy (non-hydrogen) atoms. The first kappa shape index (κ1) is 10.0. The maximum Gasteiger partial charge on any atom is 0.354 e. The first-order chi connectivity index (χ1) is 8.28. The Hall–Kier alpha value is -2.17. The van der Waals surface area contributed by atoms with Crippen LogP contribution < -0.4 is 9.47 Å². The number of rotatable bonds is 1. The number of nitrogens with one attached hydrogen (secondary N) is 1. The Labute approximate surface area is 97.3 Å². The van der Waals surface area contributed by atoms with E-state index in [0.717, 1.165) is 10.9 Å². The minimum atomic E-state index is -0.388. The van der Waals surface area contributed by atoms with Gasteiger partial charge in [0, 0.05) is 11.5 Å². The van der Waals surface area contributed by atoms with Crippen LogP contribution in [0.15, 0.2) is 18.2 Å². The summed E-state index contributed by atoms with van der Waals surface area (Å²) in [6.45, 7) is 1.09. The van der Waals surface area contributed by atoms with Gasteiger partial charge in [-0.05, 0) is 12.1 Å². The highest BCUT2D eigenvalue weighted by molar-refractivity contribution is 5.95. The van der Waals surface area contributed by atoms with Crippen molar-refractivity contribution in [1.82, 2.24) is 4.98 Å². The predicted octanol–water partition coefficient (Wildman–Crippen LogP) is 1.73. The van der Waals surface area contributed by atoms with Crippen LogP contribution in [0.1, 0.15) is 10.5 Å². The number of fused-ring (bicyclic) bond motifs is 2. The van der Waals surface area contributed by atoms with Crippen LogP contribution >= 0.6 is 0 Å². The Morgan fingerprint density at radius 3 is 2.65 bits per heavy atom. The van der Waals surface area contributed by atoms with Gasteiger partial charge in [0.1, 0.15) is 18.9 Å². The van der Waals surface area contributed by atoms with Crippen LogP contribution in [-0.4, -0.2) is 31.3 Å². The van der Waals surface area contributed by atoms with E-state index >= 15 is 0 Å². The molecule has 0 spiro atoms. The van der Waals surface area contributed by atoms with Crippen molar-refractivity contribution in [3.05, 3.63) is 23.9 Å². The van der Waals surface area contributed by atoms with E-state index in [1.54, 1.807) is 6.07 Å². The topological polar surface area (TPSA) is 60.6 Å². The van der Waals surface area contributed by atoms with Gasteiger partial charge < -0.3 is 19.2 Å². The summed E-state index contributed by atoms with van der Waals surface area (Å²) in [5, 5.41) is 0.898. The molecule has 0 atom stereocenters. The van der Waals surface area contributed by atoms with Crippen LogP contribution in [0.5, 0.6) is 11.5 Å². The highest BCUT2D eigenvalue weighted by atomic mass is 16.6. The van der Waals surface area contributed by atoms with Gasteiger partial charge in [0.2, 0.25) is 0 Å². The van der Waals surface area contributed by atoms with Crippen LogP contribution in [0, 0.1) is 0 Å². The Morgan fingerprint density at radius 2 is 1.94 bits per heavy atom. The lowest BCUT2D eigenvalue weighted by atomic mass is 10.2. The van der Waals surface area contributed by atoms with E-state index in [9.17, 15) is 4.79 Å². The van der Waals surface area contributed by atoms with Gasteiger partial charge in [-0.2, -0.15) is 0 Å². The molecule has 0 fully saturated rings. The van der Waals surface area contributed by atoms with Crippen LogP contribution in [0.4, 0.5) is 0 Å². The smallest absolute Gasteiger partial charge is 0.354 e. The Bertz CT molecular complexity index is 544. The quantitative estimate of drug-likeness (QED) is 0.762. The zero-order chi connectivity index (χ0) is 11.8. The van der Waals surface area contributed by atoms with Gasteiger partial charge in [-0.25, -0.2) is 4.79 Å². The normalized spacial score (nSPS) is 13.7. The van der Waals surface area contributed by atoms with Crippen molar-refractivity contribution in [3.8, 4) is 11.5 Å². The Kier molecular flexibility index (Phi) is 2.18. The van der Waals surface area contributed by atoms with Crippen LogP contribution in [-0.2, 0) is 4.74 Å². The van der Waals surface area contributed by atoms with Crippen LogP contribution in [0.3, 0.4) is 0 Å². The maximum atomic E-state index is 11.4. The average Bonchev–Trinajstić information content (AvgIpc) is 2.77. The number of esters is 1. The maximum absolute atomic E-state index is 11.4. The second kappa shape index (κ2) is 3.69. The number of H-pyrrole nitrogens is 1. The highest BCUT2D eigenvalue weighted by Gasteiger charge is 2.15. The molecule has 5 nitrogen and oxygen atoms in total. The van der Waals surface area contributed by atoms with Crippen LogP contribution in [0.25, 0.3) is 10.9 Å². The lowest BCUT2D eigenvalue weighted by Gasteiger charge is -2.17. The lowest BCUT2D eigenvalue weighted by molar-refractivity contribution is 0.0595. The molecule has 88 valence electrons. The number of carbonyl (C=O) groups is 1. The number of aromatic amines is 1. The zero-order valence-corrected chi connectivity index (χ0v) is 9.28. The number of benzene rings is 1. The molecule has 0 amide bonds. The summed E-state index contributed by atoms with van der Waals surface area (Å²) in [7, 11) is 1.35. The van der Waals surface area contributed by atoms with Gasteiger partial charge in [0.15, 0.2) is 11.5 Å². The summed E-state index contributed by atoms with van der Waals surface area (Å²) in [5.41, 5.74) is 1.25. The number of carbonyl (C=O) groups excluding carboxylic acids is 1. The summed E-state index contributed by atoms with van der Waals surface area (Å²) in [4.78, 5) is 14.4. The number of aromatic nitrogens is 1. The monoisotopic (exact) mass is 233 g/mol. The minimum absolute atomic E-state index is 0.388. The first-order valence-electron chi connectivity index (χ1n) is 5.28. The van der Waals surface area contributed by atoms with Crippen molar-refractivity contribution in [1.29, 1.82) is 0 Å². The number of methoxy groups -OCH3 is 1. The Morgan fingerprint density at radius 1 is 1.24 bits per heavy atom. The molecule has 1 aliphatic heterocycles. The fraction of sp³-hybridized carbons (Fsp3) is 0.250. The molecule has 0 radical (unpaired) electrons. The van der Waals surface area contributed by atoms with Gasteiger partial charge in [-0.1, -0.05) is 0 Å². The molecular formula is C12H11NO4. The molecule has 0 saturated carbocycles. The molecule has 0 saturated heterocycles. The number of hydrogen-bond donors (Lipinski definition) is 1. The second-order valence-electron chi connectivity index (χ2n) is 3.76. The minimum Gasteiger partial charge on any atom is -0.486 e. The average molecular weight is 233 g/mol. The molecule has 0 bridgehead atoms. The van der Waals surface area contributed by atoms with Gasteiger partial charge in [-0.15, -0.1) is 0 Å². The molecule has 1 aliphatic rings. The summed E-state index contributed by atoms with van der Waals surface area (Å²) < 4.78 is 15.6. The second-order valence-corrected chi connectivity index (χ2v) is 3.76. The molecule has 0 aliphatic carbocycles. The van der Waals surface area contributed by atoms with Crippen molar-refractivity contribution < 1.29 is 19.0 Å². The largest absolute Gasteiger partial charge is 0.486 e. The van der Waals surface area contributed by atoms with E-state index in [2.05, 4.69) is 9.72 Å². The molecule has 1 aromatic carbocycles. The summed E-state index contributed by atoms with van der Waals surface area (Å²) in [5.74, 6) is 1.02. The molecule has 3 rings (SSSR count). The number of ether oxygens (including phenoxy) is 3. The third-order valence-electron chi connectivity index (χ3n) is 2.69. The molecule has 1 aromatic heterocycles. The van der Waals surface area contributed by atoms with Gasteiger partial charge in [0.05, 0.1) is 12.6 Å². The molecule has 1 N–H and O–H groups in total. The Balaban J connectivity index is 2.12. The van der Waals surface area contributed by atoms with E-state index < -0.39 is 0 Å². The third-order valence-corrected chi connectivity index (χ3v) is 2.69. The van der Waals surface area contributed by atoms with E-state index in [-0.39, 0.29) is 5.97 Å². The standard InChI is InChI=1S/C12H11NO4/c1-15-12(14)9-4-7-5-10-11(6-8(7)13-9)17-3-2-16-10/h4-6,13H,2-3H2,1H3. The van der Waals surface area contributed by atoms with Crippen molar-refractivity contribution in [2.24, 2.45) is 0 Å². The van der Waals surface area contributed by atoms with Gasteiger partial charge in [0.25, 0.3) is 0 Å². The molecular weight excluding hydrogens is 222 g/mol. The van der Waals surface area contributed by atoms with Gasteiger partial charge in [-0.3, -0.25) is 0 Å². The SMILES string of the molecule is COC(=O)c1cc2cc3c(cc2[nH]1)OCCO3. The van der Waals surface area contributed by atoms with E-state index in [1.165, 1.54) is 7.11 Å². The van der Waals surface area contributed by atoms with Crippen molar-refractivity contribution in [2.45, 2.75) is 0 Å². The molecule has 2 heterocycles. The van der Waals surface area contributed by atoms with Crippen molar-refractivity contribution in [2.75, 3.05) is 20.3 Å². The summed E-state index contributed by atoms with van der Waals surface area (Å²) >= 11 is 0. The molecule has 2 aromatic rings. The fourth-order valence-corrected chi connectivity index (χ4v) is 1.89. The van der Waals surface area contributed by atoms with Crippen molar-refractivity contribution in [3.63, 3.8) is 0 Å². The van der Waals surface area contributed by atoms with Crippen LogP contribution in [0.2, 0.25) is 0 Å². The van der Waals surface area contributed by atoms with Crippen molar-refractivity contribution >= 4 is 16.9 Å². The van der Waals surface area contributed by atoms with E-state index in [1.807, 2.05) is 12.1 Å². The predicted molar refractivity (Wildman–Crippen MR) is 60.6 cm³/mol. The first-order valence-corrected chi connectivity index (χ1v) is 5.28.